The van der Waals surface area contributed by atoms with Crippen molar-refractivity contribution in [3.63, 3.8) is 0 Å². The zero-order chi connectivity index (χ0) is 28.4. The van der Waals surface area contributed by atoms with Crippen molar-refractivity contribution in [2.45, 2.75) is 107 Å². The van der Waals surface area contributed by atoms with E-state index in [4.69, 9.17) is 62.7 Å². The number of alkyl halides is 3. The van der Waals surface area contributed by atoms with Gasteiger partial charge in [-0.05, 0) is 45.0 Å². The smallest absolute Gasteiger partial charge is 0.319 e. The van der Waals surface area contributed by atoms with Gasteiger partial charge in [0.05, 0.1) is 28.8 Å². The molecule has 220 valence electrons. The third-order valence-corrected chi connectivity index (χ3v) is 7.34. The molecule has 1 saturated heterocycles. The Morgan fingerprint density at radius 2 is 1.42 bits per heavy atom. The molecule has 5 nitrogen and oxygen atoms in total. The first-order valence-electron chi connectivity index (χ1n) is 13.9. The van der Waals surface area contributed by atoms with Crippen LogP contribution in [0.4, 0.5) is 10.5 Å². The molecule has 0 aliphatic carbocycles. The lowest BCUT2D eigenvalue weighted by Gasteiger charge is -2.35. The lowest BCUT2D eigenvalue weighted by atomic mass is 10.1. The summed E-state index contributed by atoms with van der Waals surface area (Å²) in [7, 11) is 0. The normalized spacial score (nSPS) is 18.0. The number of rotatable bonds is 14. The highest BCUT2D eigenvalue weighted by Gasteiger charge is 2.21. The van der Waals surface area contributed by atoms with Gasteiger partial charge in [-0.2, -0.15) is 0 Å². The largest absolute Gasteiger partial charge is 0.373 e. The summed E-state index contributed by atoms with van der Waals surface area (Å²) >= 11 is 27.9. The molecule has 2 unspecified atom stereocenters. The summed E-state index contributed by atoms with van der Waals surface area (Å²) in [4.78, 5) is 14.0. The van der Waals surface area contributed by atoms with Crippen LogP contribution in [0.2, 0.25) is 10.0 Å². The number of ether oxygens (including phenoxy) is 1. The van der Waals surface area contributed by atoms with Gasteiger partial charge in [0.1, 0.15) is 0 Å². The van der Waals surface area contributed by atoms with Crippen molar-refractivity contribution in [2.75, 3.05) is 31.5 Å². The lowest BCUT2D eigenvalue weighted by molar-refractivity contribution is -0.0681. The third kappa shape index (κ3) is 19.0. The van der Waals surface area contributed by atoms with Crippen LogP contribution < -0.4 is 10.6 Å². The van der Waals surface area contributed by atoms with E-state index in [1.54, 1.807) is 12.1 Å². The van der Waals surface area contributed by atoms with Crippen LogP contribution in [0, 0.1) is 0 Å². The average Bonchev–Trinajstić information content (AvgIpc) is 2.83. The van der Waals surface area contributed by atoms with Gasteiger partial charge >= 0.3 is 6.03 Å². The highest BCUT2D eigenvalue weighted by molar-refractivity contribution is 6.67. The van der Waals surface area contributed by atoms with Crippen molar-refractivity contribution in [1.82, 2.24) is 10.2 Å². The SMILES string of the molecule is CCCCCCCCCCCCCN1CC(C)OC(C)C1.O=C(NCC(Cl)(Cl)Cl)Nc1ccc(Cl)c(Cl)c1. The summed E-state index contributed by atoms with van der Waals surface area (Å²) in [5, 5.41) is 5.64. The Kier molecular flexibility index (Phi) is 19.5. The van der Waals surface area contributed by atoms with Crippen molar-refractivity contribution in [2.24, 2.45) is 0 Å². The number of hydrogen-bond acceptors (Lipinski definition) is 3. The fourth-order valence-electron chi connectivity index (χ4n) is 4.40. The van der Waals surface area contributed by atoms with Gasteiger partial charge in [0, 0.05) is 18.8 Å². The molecule has 1 aromatic rings. The predicted molar refractivity (Wildman–Crippen MR) is 167 cm³/mol. The number of benzene rings is 1. The fourth-order valence-corrected chi connectivity index (χ4v) is 4.89. The van der Waals surface area contributed by atoms with Crippen LogP contribution in [0.5, 0.6) is 0 Å². The van der Waals surface area contributed by atoms with E-state index in [9.17, 15) is 4.79 Å². The van der Waals surface area contributed by atoms with Gasteiger partial charge in [-0.25, -0.2) is 4.79 Å². The second-order valence-corrected chi connectivity index (χ2v) is 13.4. The van der Waals surface area contributed by atoms with E-state index in [1.165, 1.54) is 83.2 Å². The molecule has 0 spiro atoms. The third-order valence-electron chi connectivity index (χ3n) is 6.20. The highest BCUT2D eigenvalue weighted by atomic mass is 35.6. The summed E-state index contributed by atoms with van der Waals surface area (Å²) in [6.07, 6.45) is 16.6. The molecule has 1 aliphatic heterocycles. The van der Waals surface area contributed by atoms with Crippen LogP contribution in [-0.2, 0) is 4.74 Å². The molecule has 2 N–H and O–H groups in total. The van der Waals surface area contributed by atoms with E-state index < -0.39 is 9.82 Å². The molecule has 0 saturated carbocycles. The molecule has 1 fully saturated rings. The maximum Gasteiger partial charge on any atom is 0.319 e. The summed E-state index contributed by atoms with van der Waals surface area (Å²) < 4.78 is 4.25. The number of unbranched alkanes of at least 4 members (excludes halogenated alkanes) is 10. The van der Waals surface area contributed by atoms with Crippen molar-refractivity contribution < 1.29 is 9.53 Å². The first kappa shape index (κ1) is 35.9. The Morgan fingerprint density at radius 3 is 1.92 bits per heavy atom. The summed E-state index contributed by atoms with van der Waals surface area (Å²) in [5.41, 5.74) is 0.487. The highest BCUT2D eigenvalue weighted by Crippen LogP contribution is 2.26. The number of carbonyl (C=O) groups is 1. The fraction of sp³-hybridized carbons (Fsp3) is 0.750. The van der Waals surface area contributed by atoms with Crippen LogP contribution in [0.3, 0.4) is 0 Å². The monoisotopic (exact) mass is 631 g/mol. The van der Waals surface area contributed by atoms with E-state index in [-0.39, 0.29) is 6.54 Å². The van der Waals surface area contributed by atoms with Crippen LogP contribution in [0.25, 0.3) is 0 Å². The zero-order valence-corrected chi connectivity index (χ0v) is 26.9. The molecule has 1 heterocycles. The van der Waals surface area contributed by atoms with Crippen LogP contribution in [-0.4, -0.2) is 53.1 Å². The molecule has 0 bridgehead atoms. The quantitative estimate of drug-likeness (QED) is 0.158. The molecule has 2 atom stereocenters. The molecule has 1 aliphatic rings. The van der Waals surface area contributed by atoms with Crippen LogP contribution in [0.15, 0.2) is 18.2 Å². The number of nitrogens with one attached hydrogen (secondary N) is 2. The first-order valence-corrected chi connectivity index (χ1v) is 15.8. The Labute approximate surface area is 255 Å². The lowest BCUT2D eigenvalue weighted by Crippen LogP contribution is -2.45. The van der Waals surface area contributed by atoms with Gasteiger partial charge < -0.3 is 15.4 Å². The molecule has 0 radical (unpaired) electrons. The van der Waals surface area contributed by atoms with Crippen molar-refractivity contribution in [3.05, 3.63) is 28.2 Å². The maximum absolute atomic E-state index is 11.4. The van der Waals surface area contributed by atoms with Gasteiger partial charge in [0.2, 0.25) is 3.79 Å². The van der Waals surface area contributed by atoms with E-state index in [0.29, 0.717) is 27.9 Å². The van der Waals surface area contributed by atoms with E-state index in [0.717, 1.165) is 13.1 Å². The Balaban J connectivity index is 0.000000389. The van der Waals surface area contributed by atoms with Crippen molar-refractivity contribution in [3.8, 4) is 0 Å². The number of hydrogen-bond donors (Lipinski definition) is 2. The number of urea groups is 1. The van der Waals surface area contributed by atoms with Gasteiger partial charge in [0.25, 0.3) is 0 Å². The van der Waals surface area contributed by atoms with E-state index >= 15 is 0 Å². The minimum atomic E-state index is -1.53. The zero-order valence-electron chi connectivity index (χ0n) is 23.1. The molecule has 1 aromatic carbocycles. The second-order valence-electron chi connectivity index (χ2n) is 10.1. The van der Waals surface area contributed by atoms with E-state index in [1.807, 2.05) is 0 Å². The minimum absolute atomic E-state index is 0.106. The molecule has 2 amide bonds. The van der Waals surface area contributed by atoms with Crippen LogP contribution in [0.1, 0.15) is 91.4 Å². The second kappa shape index (κ2) is 20.7. The minimum Gasteiger partial charge on any atom is -0.373 e. The van der Waals surface area contributed by atoms with Gasteiger partial charge in [-0.15, -0.1) is 0 Å². The Morgan fingerprint density at radius 1 is 0.895 bits per heavy atom. The topological polar surface area (TPSA) is 53.6 Å². The molecular weight excluding hydrogens is 588 g/mol. The standard InChI is InChI=1S/C19H39NO.C9H7Cl5N2O/c1-4-5-6-7-8-9-10-11-12-13-14-15-20-16-18(2)21-19(3)17-20;10-6-2-1-5(3-7(6)11)16-8(17)15-4-9(12,13)14/h18-19H,4-17H2,1-3H3;1-3H,4H2,(H2,15,16,17). The van der Waals surface area contributed by atoms with Gasteiger partial charge in [0.15, 0.2) is 0 Å². The first-order chi connectivity index (χ1) is 18.0. The van der Waals surface area contributed by atoms with Gasteiger partial charge in [-0.1, -0.05) is 129 Å². The molecule has 38 heavy (non-hydrogen) atoms. The number of anilines is 1. The molecule has 10 heteroatoms. The predicted octanol–water partition coefficient (Wildman–Crippen LogP) is 9.89. The summed E-state index contributed by atoms with van der Waals surface area (Å²) in [5.74, 6) is 0. The average molecular weight is 634 g/mol. The number of carbonyl (C=O) groups excluding carboxylic acids is 1. The Hall–Kier alpha value is -0.140. The number of morpholine rings is 1. The Bertz CT molecular complexity index is 769. The summed E-state index contributed by atoms with van der Waals surface area (Å²) in [6, 6.07) is 4.17. The van der Waals surface area contributed by atoms with Crippen molar-refractivity contribution >= 4 is 69.7 Å². The molecule has 0 aromatic heterocycles. The number of amides is 2. The number of nitrogens with zero attached hydrogens (tertiary/aromatic N) is 1. The van der Waals surface area contributed by atoms with Crippen LogP contribution >= 0.6 is 58.0 Å². The van der Waals surface area contributed by atoms with Crippen molar-refractivity contribution in [1.29, 1.82) is 0 Å². The molecule has 2 rings (SSSR count). The van der Waals surface area contributed by atoms with E-state index in [2.05, 4.69) is 36.3 Å². The van der Waals surface area contributed by atoms with Gasteiger partial charge in [-0.3, -0.25) is 4.90 Å². The molecular formula is C28H46Cl5N3O2. The number of halogens is 5. The summed E-state index contributed by atoms with van der Waals surface area (Å²) in [6.45, 7) is 10.1. The maximum atomic E-state index is 11.4.